The Morgan fingerprint density at radius 1 is 1.25 bits per heavy atom. The van der Waals surface area contributed by atoms with Gasteiger partial charge in [-0.05, 0) is 19.1 Å². The van der Waals surface area contributed by atoms with E-state index < -0.39 is 0 Å². The Morgan fingerprint density at radius 3 is 2.69 bits per heavy atom. The van der Waals surface area contributed by atoms with E-state index in [0.29, 0.717) is 11.6 Å². The molecule has 0 radical (unpaired) electrons. The highest BCUT2D eigenvalue weighted by Crippen LogP contribution is 2.23. The summed E-state index contributed by atoms with van der Waals surface area (Å²) in [5.74, 6) is 2.10. The Labute approximate surface area is 99.1 Å². The quantitative estimate of drug-likeness (QED) is 0.825. The van der Waals surface area contributed by atoms with E-state index in [1.807, 2.05) is 25.1 Å². The number of hydrogen-bond donors (Lipinski definition) is 1. The number of hydrogen-bond acceptors (Lipinski definition) is 4. The molecule has 4 heteroatoms. The fourth-order valence-corrected chi connectivity index (χ4v) is 2.20. The largest absolute Gasteiger partial charge is 0.383 e. The van der Waals surface area contributed by atoms with Crippen molar-refractivity contribution in [2.24, 2.45) is 0 Å². The smallest absolute Gasteiger partial charge is 0.131 e. The zero-order valence-electron chi connectivity index (χ0n) is 9.05. The van der Waals surface area contributed by atoms with E-state index in [-0.39, 0.29) is 0 Å². The summed E-state index contributed by atoms with van der Waals surface area (Å²) in [6.45, 7) is 1.84. The molecular weight excluding hydrogens is 218 g/mol. The van der Waals surface area contributed by atoms with Gasteiger partial charge in [-0.25, -0.2) is 9.97 Å². The van der Waals surface area contributed by atoms with Crippen LogP contribution in [0.2, 0.25) is 0 Å². The van der Waals surface area contributed by atoms with Gasteiger partial charge in [-0.2, -0.15) is 0 Å². The maximum Gasteiger partial charge on any atom is 0.131 e. The molecular formula is C12H13N3S. The highest BCUT2D eigenvalue weighted by atomic mass is 32.2. The van der Waals surface area contributed by atoms with Crippen LogP contribution in [-0.2, 0) is 5.75 Å². The first-order chi connectivity index (χ1) is 7.75. The Balaban J connectivity index is 2.05. The van der Waals surface area contributed by atoms with Gasteiger partial charge < -0.3 is 5.73 Å². The average Bonchev–Trinajstić information content (AvgIpc) is 2.29. The zero-order chi connectivity index (χ0) is 11.4. The van der Waals surface area contributed by atoms with E-state index in [1.165, 1.54) is 4.90 Å². The first kappa shape index (κ1) is 11.0. The van der Waals surface area contributed by atoms with Gasteiger partial charge in [0.2, 0.25) is 0 Å². The predicted molar refractivity (Wildman–Crippen MR) is 67.2 cm³/mol. The molecule has 1 heterocycles. The van der Waals surface area contributed by atoms with Crippen molar-refractivity contribution in [2.45, 2.75) is 17.6 Å². The third-order valence-electron chi connectivity index (χ3n) is 2.16. The molecule has 2 N–H and O–H groups in total. The summed E-state index contributed by atoms with van der Waals surface area (Å²) >= 11 is 1.73. The lowest BCUT2D eigenvalue weighted by Crippen LogP contribution is -2.00. The Morgan fingerprint density at radius 2 is 2.00 bits per heavy atom. The topological polar surface area (TPSA) is 51.8 Å². The predicted octanol–water partition coefficient (Wildman–Crippen LogP) is 2.66. The third-order valence-corrected chi connectivity index (χ3v) is 3.22. The van der Waals surface area contributed by atoms with Crippen LogP contribution in [-0.4, -0.2) is 9.97 Å². The number of nitrogens with two attached hydrogens (primary N) is 1. The van der Waals surface area contributed by atoms with Gasteiger partial charge in [0.1, 0.15) is 11.6 Å². The minimum Gasteiger partial charge on any atom is -0.383 e. The van der Waals surface area contributed by atoms with Crippen LogP contribution in [0.5, 0.6) is 0 Å². The molecule has 1 aromatic heterocycles. The van der Waals surface area contributed by atoms with E-state index in [1.54, 1.807) is 18.0 Å². The summed E-state index contributed by atoms with van der Waals surface area (Å²) in [6, 6.07) is 10.2. The fraction of sp³-hybridized carbons (Fsp3) is 0.167. The van der Waals surface area contributed by atoms with Crippen LogP contribution in [0.25, 0.3) is 0 Å². The molecule has 1 aromatic carbocycles. The van der Waals surface area contributed by atoms with Gasteiger partial charge in [-0.3, -0.25) is 0 Å². The van der Waals surface area contributed by atoms with E-state index in [9.17, 15) is 0 Å². The molecule has 0 unspecified atom stereocenters. The number of nitrogen functional groups attached to an aromatic ring is 1. The van der Waals surface area contributed by atoms with Crippen molar-refractivity contribution in [1.29, 1.82) is 0 Å². The van der Waals surface area contributed by atoms with Crippen molar-refractivity contribution in [3.63, 3.8) is 0 Å². The molecule has 0 aliphatic carbocycles. The van der Waals surface area contributed by atoms with Crippen LogP contribution in [0.1, 0.15) is 11.4 Å². The Bertz CT molecular complexity index is 471. The van der Waals surface area contributed by atoms with Gasteiger partial charge >= 0.3 is 0 Å². The highest BCUT2D eigenvalue weighted by molar-refractivity contribution is 7.98. The first-order valence-electron chi connectivity index (χ1n) is 5.01. The maximum absolute atomic E-state index is 5.82. The van der Waals surface area contributed by atoms with Gasteiger partial charge in [0.15, 0.2) is 0 Å². The van der Waals surface area contributed by atoms with Crippen LogP contribution in [0, 0.1) is 6.92 Å². The summed E-state index contributed by atoms with van der Waals surface area (Å²) in [7, 11) is 0. The lowest BCUT2D eigenvalue weighted by molar-refractivity contribution is 1.04. The summed E-state index contributed by atoms with van der Waals surface area (Å²) < 4.78 is 0. The first-order valence-corrected chi connectivity index (χ1v) is 6.00. The molecule has 0 atom stereocenters. The summed E-state index contributed by atoms with van der Waals surface area (Å²) in [5, 5.41) is 0. The van der Waals surface area contributed by atoms with Crippen LogP contribution < -0.4 is 5.73 Å². The molecule has 82 valence electrons. The monoisotopic (exact) mass is 231 g/mol. The van der Waals surface area contributed by atoms with E-state index in [4.69, 9.17) is 5.73 Å². The molecule has 0 saturated heterocycles. The summed E-state index contributed by atoms with van der Waals surface area (Å²) in [6.07, 6.45) is 1.80. The van der Waals surface area contributed by atoms with Crippen molar-refractivity contribution in [3.8, 4) is 0 Å². The molecule has 0 saturated carbocycles. The van der Waals surface area contributed by atoms with Crippen LogP contribution in [0.4, 0.5) is 5.82 Å². The number of benzene rings is 1. The van der Waals surface area contributed by atoms with Crippen LogP contribution in [0.15, 0.2) is 41.4 Å². The van der Waals surface area contributed by atoms with E-state index in [2.05, 4.69) is 22.1 Å². The van der Waals surface area contributed by atoms with Gasteiger partial charge in [0.05, 0.1) is 0 Å². The molecule has 0 fully saturated rings. The Kier molecular flexibility index (Phi) is 3.41. The second kappa shape index (κ2) is 4.99. The number of rotatable bonds is 3. The van der Waals surface area contributed by atoms with Gasteiger partial charge in [-0.1, -0.05) is 18.2 Å². The zero-order valence-corrected chi connectivity index (χ0v) is 9.87. The Hall–Kier alpha value is -1.55. The number of aromatic nitrogens is 2. The third kappa shape index (κ3) is 2.73. The lowest BCUT2D eigenvalue weighted by Gasteiger charge is -2.04. The minimum atomic E-state index is 0.580. The molecule has 0 aliphatic heterocycles. The fourth-order valence-electron chi connectivity index (χ4n) is 1.30. The highest BCUT2D eigenvalue weighted by Gasteiger charge is 2.02. The van der Waals surface area contributed by atoms with E-state index in [0.717, 1.165) is 11.3 Å². The maximum atomic E-state index is 5.82. The summed E-state index contributed by atoms with van der Waals surface area (Å²) in [4.78, 5) is 9.51. The van der Waals surface area contributed by atoms with Crippen molar-refractivity contribution < 1.29 is 0 Å². The molecule has 0 bridgehead atoms. The number of anilines is 1. The van der Waals surface area contributed by atoms with Crippen LogP contribution in [0.3, 0.4) is 0 Å². The molecule has 3 nitrogen and oxygen atoms in total. The number of aryl methyl sites for hydroxylation is 1. The van der Waals surface area contributed by atoms with Gasteiger partial charge in [0.25, 0.3) is 0 Å². The molecule has 0 spiro atoms. The van der Waals surface area contributed by atoms with Gasteiger partial charge in [-0.15, -0.1) is 11.8 Å². The normalized spacial score (nSPS) is 10.3. The van der Waals surface area contributed by atoms with E-state index >= 15 is 0 Å². The second-order valence-electron chi connectivity index (χ2n) is 3.43. The molecule has 0 aliphatic rings. The second-order valence-corrected chi connectivity index (χ2v) is 4.48. The van der Waals surface area contributed by atoms with Crippen molar-refractivity contribution in [3.05, 3.63) is 47.9 Å². The molecule has 2 aromatic rings. The van der Waals surface area contributed by atoms with Crippen molar-refractivity contribution in [2.75, 3.05) is 5.73 Å². The van der Waals surface area contributed by atoms with Crippen molar-refractivity contribution >= 4 is 17.6 Å². The lowest BCUT2D eigenvalue weighted by atomic mass is 10.3. The number of nitrogens with zero attached hydrogens (tertiary/aromatic N) is 2. The average molecular weight is 231 g/mol. The standard InChI is InChI=1S/C12H13N3S/c1-9-14-7-10(12(13)15-9)8-16-11-5-3-2-4-6-11/h2-7H,8H2,1H3,(H2,13,14,15). The molecule has 2 rings (SSSR count). The number of thioether (sulfide) groups is 1. The SMILES string of the molecule is Cc1ncc(CSc2ccccc2)c(N)n1. The van der Waals surface area contributed by atoms with Crippen molar-refractivity contribution in [1.82, 2.24) is 9.97 Å². The summed E-state index contributed by atoms with van der Waals surface area (Å²) in [5.41, 5.74) is 6.81. The van der Waals surface area contributed by atoms with Crippen LogP contribution >= 0.6 is 11.8 Å². The molecule has 16 heavy (non-hydrogen) atoms. The molecule has 0 amide bonds. The minimum absolute atomic E-state index is 0.580. The van der Waals surface area contributed by atoms with Gasteiger partial charge in [0, 0.05) is 22.4 Å².